The molecule has 0 spiro atoms. The van der Waals surface area contributed by atoms with E-state index in [1.807, 2.05) is 0 Å². The molecular formula is C2H2BO3. The molecule has 0 amide bonds. The molecule has 0 aromatic rings. The Labute approximate surface area is 35.4 Å². The van der Waals surface area contributed by atoms with Gasteiger partial charge in [-0.1, -0.05) is 0 Å². The van der Waals surface area contributed by atoms with Gasteiger partial charge in [0.2, 0.25) is 0 Å². The number of carbonyl (C=O) groups is 1. The van der Waals surface area contributed by atoms with Crippen molar-refractivity contribution in [3.05, 3.63) is 0 Å². The van der Waals surface area contributed by atoms with Crippen LogP contribution >= 0.6 is 0 Å². The maximum absolute atomic E-state index is 9.84. The van der Waals surface area contributed by atoms with Gasteiger partial charge in [-0.2, -0.15) is 4.89 Å². The van der Waals surface area contributed by atoms with Gasteiger partial charge >= 0.3 is 7.28 Å². The van der Waals surface area contributed by atoms with Crippen molar-refractivity contribution >= 4 is 13.1 Å². The molecule has 1 aliphatic heterocycles. The third kappa shape index (κ3) is 0.516. The van der Waals surface area contributed by atoms with Gasteiger partial charge < -0.3 is 4.89 Å². The van der Waals surface area contributed by atoms with Crippen molar-refractivity contribution in [3.63, 3.8) is 0 Å². The van der Waals surface area contributed by atoms with E-state index >= 15 is 0 Å². The van der Waals surface area contributed by atoms with Crippen LogP contribution < -0.4 is 0 Å². The Morgan fingerprint density at radius 1 is 1.83 bits per heavy atom. The van der Waals surface area contributed by atoms with E-state index in [1.54, 1.807) is 0 Å². The lowest BCUT2D eigenvalue weighted by Crippen LogP contribution is -1.98. The lowest BCUT2D eigenvalue weighted by Gasteiger charge is -1.81. The van der Waals surface area contributed by atoms with Gasteiger partial charge in [0.25, 0.3) is 5.87 Å². The van der Waals surface area contributed by atoms with Crippen molar-refractivity contribution in [2.24, 2.45) is 0 Å². The summed E-state index contributed by atoms with van der Waals surface area (Å²) in [6.07, 6.45) is 0. The molecule has 4 heteroatoms. The van der Waals surface area contributed by atoms with Crippen molar-refractivity contribution in [3.8, 4) is 0 Å². The van der Waals surface area contributed by atoms with Crippen LogP contribution in [0.1, 0.15) is 0 Å². The Morgan fingerprint density at radius 3 is 2.83 bits per heavy atom. The summed E-state index contributed by atoms with van der Waals surface area (Å²) in [5.74, 6) is -0.394. The molecule has 0 aromatic heterocycles. The summed E-state index contributed by atoms with van der Waals surface area (Å²) < 4.78 is 0. The molecule has 0 saturated carbocycles. The molecule has 0 aliphatic carbocycles. The van der Waals surface area contributed by atoms with E-state index in [-0.39, 0.29) is 0 Å². The summed E-state index contributed by atoms with van der Waals surface area (Å²) in [5.41, 5.74) is 0. The average Bonchev–Trinajstić information content (AvgIpc) is 1.86. The lowest BCUT2D eigenvalue weighted by atomic mass is 9.82. The molecule has 1 fully saturated rings. The number of hydrogen-bond acceptors (Lipinski definition) is 3. The minimum absolute atomic E-state index is 0.291. The van der Waals surface area contributed by atoms with Gasteiger partial charge in [0.05, 0.1) is 6.51 Å². The summed E-state index contributed by atoms with van der Waals surface area (Å²) in [6.45, 7) is 0.291. The van der Waals surface area contributed by atoms with E-state index < -0.39 is 5.87 Å². The molecule has 1 aliphatic rings. The van der Waals surface area contributed by atoms with Crippen molar-refractivity contribution < 1.29 is 14.6 Å². The Kier molecular flexibility index (Phi) is 0.798. The predicted molar refractivity (Wildman–Crippen MR) is 18.2 cm³/mol. The molecule has 1 saturated heterocycles. The minimum Gasteiger partial charge on any atom is -0.312 e. The number of carbonyl (C=O) groups excluding carboxylic acids is 1. The highest BCUT2D eigenvalue weighted by Crippen LogP contribution is 1.89. The Balaban J connectivity index is 2.37. The first kappa shape index (κ1) is 3.68. The van der Waals surface area contributed by atoms with Crippen LogP contribution in [-0.4, -0.2) is 19.7 Å². The van der Waals surface area contributed by atoms with Crippen molar-refractivity contribution in [1.82, 2.24) is 0 Å². The molecule has 0 aromatic carbocycles. The quantitative estimate of drug-likeness (QED) is 0.300. The van der Waals surface area contributed by atoms with Crippen LogP contribution in [0.2, 0.25) is 0 Å². The molecular weight excluding hydrogens is 82.8 g/mol. The molecule has 6 heavy (non-hydrogen) atoms. The Bertz CT molecular complexity index is 63.2. The smallest absolute Gasteiger partial charge is 0.303 e. The van der Waals surface area contributed by atoms with Gasteiger partial charge in [0, 0.05) is 0 Å². The molecule has 1 rings (SSSR count). The van der Waals surface area contributed by atoms with E-state index in [9.17, 15) is 4.79 Å². The Morgan fingerprint density at radius 2 is 2.67 bits per heavy atom. The van der Waals surface area contributed by atoms with Gasteiger partial charge in [0.15, 0.2) is 0 Å². The fourth-order valence-corrected chi connectivity index (χ4v) is 0.228. The van der Waals surface area contributed by atoms with E-state index in [1.165, 1.54) is 7.28 Å². The second kappa shape index (κ2) is 1.30. The average molecular weight is 84.8 g/mol. The predicted octanol–water partition coefficient (Wildman–Crippen LogP) is -0.270. The van der Waals surface area contributed by atoms with Gasteiger partial charge in [-0.3, -0.25) is 4.79 Å². The molecule has 0 bridgehead atoms. The highest BCUT2D eigenvalue weighted by Gasteiger charge is 2.13. The minimum atomic E-state index is -0.394. The summed E-state index contributed by atoms with van der Waals surface area (Å²) in [6, 6.07) is 0. The third-order valence-corrected chi connectivity index (χ3v) is 0.459. The van der Waals surface area contributed by atoms with Crippen LogP contribution in [0.25, 0.3) is 0 Å². The van der Waals surface area contributed by atoms with Crippen LogP contribution in [-0.2, 0) is 9.78 Å². The zero-order valence-electron chi connectivity index (χ0n) is 3.01. The van der Waals surface area contributed by atoms with Gasteiger partial charge in [-0.15, -0.1) is 0 Å². The normalized spacial score (nSPS) is 19.7. The van der Waals surface area contributed by atoms with Crippen molar-refractivity contribution in [1.29, 1.82) is 0 Å². The topological polar surface area (TPSA) is 35.5 Å². The monoisotopic (exact) mass is 85.0 g/mol. The summed E-state index contributed by atoms with van der Waals surface area (Å²) >= 11 is 0. The fourth-order valence-electron chi connectivity index (χ4n) is 0.228. The van der Waals surface area contributed by atoms with Crippen LogP contribution in [0, 0.1) is 0 Å². The van der Waals surface area contributed by atoms with Crippen LogP contribution in [0.3, 0.4) is 0 Å². The largest absolute Gasteiger partial charge is 0.312 e. The van der Waals surface area contributed by atoms with E-state index in [0.29, 0.717) is 6.51 Å². The maximum Gasteiger partial charge on any atom is 0.303 e. The van der Waals surface area contributed by atoms with Crippen LogP contribution in [0.15, 0.2) is 0 Å². The van der Waals surface area contributed by atoms with Crippen LogP contribution in [0.4, 0.5) is 4.79 Å². The highest BCUT2D eigenvalue weighted by atomic mass is 17.2. The second-order valence-corrected chi connectivity index (χ2v) is 0.891. The zero-order chi connectivity index (χ0) is 4.41. The molecule has 1 heterocycles. The first-order valence-corrected chi connectivity index (χ1v) is 1.56. The first-order chi connectivity index (χ1) is 2.89. The maximum atomic E-state index is 9.84. The summed E-state index contributed by atoms with van der Waals surface area (Å²) in [7, 11) is 1.32. The van der Waals surface area contributed by atoms with E-state index in [2.05, 4.69) is 9.78 Å². The van der Waals surface area contributed by atoms with Gasteiger partial charge in [-0.05, 0) is 0 Å². The van der Waals surface area contributed by atoms with Gasteiger partial charge in [-0.25, -0.2) is 0 Å². The highest BCUT2D eigenvalue weighted by molar-refractivity contribution is 6.72. The van der Waals surface area contributed by atoms with E-state index in [0.717, 1.165) is 0 Å². The van der Waals surface area contributed by atoms with E-state index in [4.69, 9.17) is 0 Å². The standard InChI is InChI=1S/C2H2BO3/c4-2-3-1-5-6-2/h1H2. The number of hydrogen-bond donors (Lipinski definition) is 0. The van der Waals surface area contributed by atoms with Crippen molar-refractivity contribution in [2.75, 3.05) is 6.51 Å². The van der Waals surface area contributed by atoms with Crippen LogP contribution in [0.5, 0.6) is 0 Å². The first-order valence-electron chi connectivity index (χ1n) is 1.56. The molecule has 0 atom stereocenters. The number of rotatable bonds is 0. The van der Waals surface area contributed by atoms with Crippen molar-refractivity contribution in [2.45, 2.75) is 0 Å². The lowest BCUT2D eigenvalue weighted by molar-refractivity contribution is -0.201. The third-order valence-electron chi connectivity index (χ3n) is 0.459. The van der Waals surface area contributed by atoms with Gasteiger partial charge in [0.1, 0.15) is 0 Å². The summed E-state index contributed by atoms with van der Waals surface area (Å²) in [4.78, 5) is 18.0. The molecule has 0 unspecified atom stereocenters. The molecule has 3 nitrogen and oxygen atoms in total. The SMILES string of the molecule is O=C1[B]COO1. The molecule has 1 radical (unpaired) electrons. The molecule has 0 N–H and O–H groups in total. The fraction of sp³-hybridized carbons (Fsp3) is 0.500. The molecule has 31 valence electrons. The zero-order valence-corrected chi connectivity index (χ0v) is 3.01. The summed E-state index contributed by atoms with van der Waals surface area (Å²) in [5, 5.41) is 0. The second-order valence-electron chi connectivity index (χ2n) is 0.891. The Hall–Kier alpha value is -0.505.